The summed E-state index contributed by atoms with van der Waals surface area (Å²) in [5.74, 6) is -0.335. The van der Waals surface area contributed by atoms with Gasteiger partial charge >= 0.3 is 0 Å². The van der Waals surface area contributed by atoms with E-state index in [9.17, 15) is 9.59 Å². The summed E-state index contributed by atoms with van der Waals surface area (Å²) in [6.45, 7) is 0. The van der Waals surface area contributed by atoms with Crippen LogP contribution in [0.1, 0.15) is 20.7 Å². The van der Waals surface area contributed by atoms with Crippen LogP contribution in [0, 0.1) is 0 Å². The van der Waals surface area contributed by atoms with Gasteiger partial charge in [0.2, 0.25) is 0 Å². The van der Waals surface area contributed by atoms with Crippen molar-refractivity contribution in [1.29, 1.82) is 0 Å². The number of halogens is 1. The minimum Gasteiger partial charge on any atom is -0.268 e. The first-order valence-corrected chi connectivity index (χ1v) is 6.08. The van der Waals surface area contributed by atoms with E-state index in [1.165, 1.54) is 0 Å². The number of hydrogen-bond donors (Lipinski definition) is 0. The van der Waals surface area contributed by atoms with Gasteiger partial charge in [-0.05, 0) is 40.2 Å². The van der Waals surface area contributed by atoms with E-state index >= 15 is 0 Å². The molecule has 0 spiro atoms. The summed E-state index contributed by atoms with van der Waals surface area (Å²) in [5.41, 5.74) is 0.841. The molecule has 0 saturated heterocycles. The summed E-state index contributed by atoms with van der Waals surface area (Å²) in [6.07, 6.45) is 0. The lowest BCUT2D eigenvalue weighted by atomic mass is 10.1. The zero-order valence-electron chi connectivity index (χ0n) is 9.13. The van der Waals surface area contributed by atoms with Crippen molar-refractivity contribution in [3.05, 3.63) is 58.2 Å². The topological polar surface area (TPSA) is 50.3 Å². The van der Waals surface area contributed by atoms with E-state index in [0.29, 0.717) is 21.5 Å². The quantitative estimate of drug-likeness (QED) is 0.601. The zero-order chi connectivity index (χ0) is 12.7. The smallest absolute Gasteiger partial charge is 0.267 e. The standard InChI is InChI=1S/C13H7BrN2O2/c14-10-6-3-7-11(15-10)16-12(17)8-4-1-2-5-9(8)13(16)18/h1-7H. The third-order valence-corrected chi connectivity index (χ3v) is 3.17. The summed E-state index contributed by atoms with van der Waals surface area (Å²) in [7, 11) is 0. The van der Waals surface area contributed by atoms with Gasteiger partial charge in [0, 0.05) is 0 Å². The fourth-order valence-electron chi connectivity index (χ4n) is 1.92. The summed E-state index contributed by atoms with van der Waals surface area (Å²) in [6, 6.07) is 11.9. The van der Waals surface area contributed by atoms with Gasteiger partial charge in [-0.25, -0.2) is 9.88 Å². The number of pyridine rings is 1. The van der Waals surface area contributed by atoms with E-state index in [1.54, 1.807) is 42.5 Å². The van der Waals surface area contributed by atoms with Crippen molar-refractivity contribution in [2.75, 3.05) is 4.90 Å². The number of hydrogen-bond acceptors (Lipinski definition) is 3. The largest absolute Gasteiger partial charge is 0.268 e. The molecule has 88 valence electrons. The number of imide groups is 1. The lowest BCUT2D eigenvalue weighted by Gasteiger charge is -2.12. The van der Waals surface area contributed by atoms with E-state index in [0.717, 1.165) is 4.90 Å². The van der Waals surface area contributed by atoms with Gasteiger partial charge < -0.3 is 0 Å². The molecule has 0 radical (unpaired) electrons. The second-order valence-electron chi connectivity index (χ2n) is 3.81. The molecule has 1 aromatic carbocycles. The Morgan fingerprint density at radius 3 is 2.06 bits per heavy atom. The van der Waals surface area contributed by atoms with Crippen LogP contribution in [0.2, 0.25) is 0 Å². The van der Waals surface area contributed by atoms with Crippen molar-refractivity contribution in [2.45, 2.75) is 0 Å². The molecule has 4 nitrogen and oxygen atoms in total. The Hall–Kier alpha value is -2.01. The minimum atomic E-state index is -0.332. The van der Waals surface area contributed by atoms with Crippen molar-refractivity contribution >= 4 is 33.6 Å². The molecule has 18 heavy (non-hydrogen) atoms. The summed E-state index contributed by atoms with van der Waals surface area (Å²) in [5, 5.41) is 0. The average Bonchev–Trinajstić information content (AvgIpc) is 2.63. The maximum atomic E-state index is 12.2. The Morgan fingerprint density at radius 1 is 0.889 bits per heavy atom. The highest BCUT2D eigenvalue weighted by molar-refractivity contribution is 9.10. The molecular weight excluding hydrogens is 296 g/mol. The highest BCUT2D eigenvalue weighted by Crippen LogP contribution is 2.27. The molecule has 0 unspecified atom stereocenters. The van der Waals surface area contributed by atoms with Gasteiger partial charge in [-0.2, -0.15) is 0 Å². The molecule has 5 heteroatoms. The number of nitrogens with zero attached hydrogens (tertiary/aromatic N) is 2. The molecule has 1 aliphatic rings. The number of rotatable bonds is 1. The zero-order valence-corrected chi connectivity index (χ0v) is 10.7. The third kappa shape index (κ3) is 1.55. The summed E-state index contributed by atoms with van der Waals surface area (Å²) in [4.78, 5) is 29.6. The van der Waals surface area contributed by atoms with Crippen molar-refractivity contribution < 1.29 is 9.59 Å². The maximum absolute atomic E-state index is 12.2. The number of carbonyl (C=O) groups excluding carboxylic acids is 2. The van der Waals surface area contributed by atoms with E-state index in [-0.39, 0.29) is 11.8 Å². The number of benzene rings is 1. The predicted molar refractivity (Wildman–Crippen MR) is 69.5 cm³/mol. The van der Waals surface area contributed by atoms with Crippen LogP contribution in [0.5, 0.6) is 0 Å². The van der Waals surface area contributed by atoms with Crippen molar-refractivity contribution in [3.63, 3.8) is 0 Å². The molecule has 1 aromatic heterocycles. The van der Waals surface area contributed by atoms with Gasteiger partial charge in [0.05, 0.1) is 11.1 Å². The Kier molecular flexibility index (Phi) is 2.48. The van der Waals surface area contributed by atoms with E-state index in [4.69, 9.17) is 0 Å². The van der Waals surface area contributed by atoms with Gasteiger partial charge in [-0.1, -0.05) is 18.2 Å². The van der Waals surface area contributed by atoms with Crippen molar-refractivity contribution in [2.24, 2.45) is 0 Å². The molecule has 0 aliphatic carbocycles. The van der Waals surface area contributed by atoms with Crippen LogP contribution in [0.25, 0.3) is 0 Å². The van der Waals surface area contributed by atoms with Crippen LogP contribution >= 0.6 is 15.9 Å². The van der Waals surface area contributed by atoms with Crippen LogP contribution in [-0.4, -0.2) is 16.8 Å². The van der Waals surface area contributed by atoms with E-state index < -0.39 is 0 Å². The van der Waals surface area contributed by atoms with Gasteiger partial charge in [-0.15, -0.1) is 0 Å². The Bertz CT molecular complexity index is 635. The van der Waals surface area contributed by atoms with Crippen LogP contribution in [0.3, 0.4) is 0 Å². The predicted octanol–water partition coefficient (Wildman–Crippen LogP) is 2.64. The third-order valence-electron chi connectivity index (χ3n) is 2.72. The minimum absolute atomic E-state index is 0.329. The molecule has 2 heterocycles. The molecule has 1 aliphatic heterocycles. The van der Waals surface area contributed by atoms with Crippen LogP contribution < -0.4 is 4.90 Å². The first-order chi connectivity index (χ1) is 8.68. The van der Waals surface area contributed by atoms with Crippen molar-refractivity contribution in [1.82, 2.24) is 4.98 Å². The van der Waals surface area contributed by atoms with E-state index in [1.807, 2.05) is 0 Å². The lowest BCUT2D eigenvalue weighted by molar-refractivity contribution is 0.0925. The van der Waals surface area contributed by atoms with Crippen molar-refractivity contribution in [3.8, 4) is 0 Å². The fraction of sp³-hybridized carbons (Fsp3) is 0. The highest BCUT2D eigenvalue weighted by Gasteiger charge is 2.36. The van der Waals surface area contributed by atoms with Gasteiger partial charge in [0.25, 0.3) is 11.8 Å². The lowest BCUT2D eigenvalue weighted by Crippen LogP contribution is -2.30. The fourth-order valence-corrected chi connectivity index (χ4v) is 2.25. The molecular formula is C13H7BrN2O2. The number of carbonyl (C=O) groups is 2. The average molecular weight is 303 g/mol. The molecule has 3 rings (SSSR count). The molecule has 0 atom stereocenters. The number of aromatic nitrogens is 1. The molecule has 0 bridgehead atoms. The Morgan fingerprint density at radius 2 is 1.50 bits per heavy atom. The Balaban J connectivity index is 2.12. The Labute approximate surface area is 111 Å². The molecule has 0 saturated carbocycles. The first kappa shape index (κ1) is 11.1. The normalized spacial score (nSPS) is 13.9. The summed E-state index contributed by atoms with van der Waals surface area (Å²) >= 11 is 3.22. The SMILES string of the molecule is O=C1c2ccccc2C(=O)N1c1cccc(Br)n1. The van der Waals surface area contributed by atoms with Crippen LogP contribution in [0.15, 0.2) is 47.1 Å². The molecule has 2 amide bonds. The second-order valence-corrected chi connectivity index (χ2v) is 4.62. The number of amides is 2. The second kappa shape index (κ2) is 4.03. The number of fused-ring (bicyclic) bond motifs is 1. The monoisotopic (exact) mass is 302 g/mol. The van der Waals surface area contributed by atoms with E-state index in [2.05, 4.69) is 20.9 Å². The number of anilines is 1. The maximum Gasteiger partial charge on any atom is 0.267 e. The van der Waals surface area contributed by atoms with Gasteiger partial charge in [-0.3, -0.25) is 9.59 Å². The van der Waals surface area contributed by atoms with Crippen LogP contribution in [0.4, 0.5) is 5.82 Å². The molecule has 2 aromatic rings. The summed E-state index contributed by atoms with van der Waals surface area (Å²) < 4.78 is 0.580. The first-order valence-electron chi connectivity index (χ1n) is 5.29. The molecule has 0 fully saturated rings. The van der Waals surface area contributed by atoms with Gasteiger partial charge in [0.1, 0.15) is 10.4 Å². The molecule has 0 N–H and O–H groups in total. The van der Waals surface area contributed by atoms with Crippen LogP contribution in [-0.2, 0) is 0 Å². The van der Waals surface area contributed by atoms with Gasteiger partial charge in [0.15, 0.2) is 0 Å². The highest BCUT2D eigenvalue weighted by atomic mass is 79.9.